The monoisotopic (exact) mass is 331 g/mol. The van der Waals surface area contributed by atoms with Crippen LogP contribution in [0.3, 0.4) is 0 Å². The van der Waals surface area contributed by atoms with Gasteiger partial charge < -0.3 is 4.90 Å². The van der Waals surface area contributed by atoms with Crippen molar-refractivity contribution in [2.24, 2.45) is 4.99 Å². The van der Waals surface area contributed by atoms with Crippen molar-refractivity contribution in [2.45, 2.75) is 11.4 Å². The highest BCUT2D eigenvalue weighted by atomic mass is 35.5. The number of rotatable bonds is 5. The average molecular weight is 332 g/mol. The Morgan fingerprint density at radius 1 is 1.41 bits per heavy atom. The van der Waals surface area contributed by atoms with Crippen LogP contribution in [0.4, 0.5) is 0 Å². The highest BCUT2D eigenvalue weighted by molar-refractivity contribution is 8.03. The van der Waals surface area contributed by atoms with E-state index in [-0.39, 0.29) is 0 Å². The van der Waals surface area contributed by atoms with Gasteiger partial charge in [0.25, 0.3) is 0 Å². The van der Waals surface area contributed by atoms with Gasteiger partial charge in [0.05, 0.1) is 16.4 Å². The van der Waals surface area contributed by atoms with Crippen molar-refractivity contribution < 1.29 is 0 Å². The third-order valence-electron chi connectivity index (χ3n) is 2.86. The van der Waals surface area contributed by atoms with Gasteiger partial charge in [-0.2, -0.15) is 0 Å². The molecule has 0 atom stereocenters. The van der Waals surface area contributed by atoms with E-state index in [1.807, 2.05) is 30.2 Å². The minimum atomic E-state index is 0.638. The summed E-state index contributed by atoms with van der Waals surface area (Å²) in [4.78, 5) is 10.4. The van der Waals surface area contributed by atoms with Crippen LogP contribution in [-0.2, 0) is 0 Å². The summed E-state index contributed by atoms with van der Waals surface area (Å²) in [5, 5.41) is 2.57. The van der Waals surface area contributed by atoms with Crippen LogP contribution in [0.25, 0.3) is 0 Å². The number of nitrogens with zero attached hydrogens (tertiary/aromatic N) is 3. The fourth-order valence-corrected chi connectivity index (χ4v) is 2.76. The normalized spacial score (nSPS) is 15.0. The van der Waals surface area contributed by atoms with E-state index in [0.717, 1.165) is 22.0 Å². The number of aliphatic imine (C=N–C) groups is 1. The van der Waals surface area contributed by atoms with Crippen molar-refractivity contribution in [1.29, 1.82) is 0 Å². The van der Waals surface area contributed by atoms with Gasteiger partial charge >= 0.3 is 0 Å². The molecule has 0 unspecified atom stereocenters. The lowest BCUT2D eigenvalue weighted by Gasteiger charge is -2.17. The van der Waals surface area contributed by atoms with E-state index in [4.69, 9.17) is 11.6 Å². The molecule has 5 heteroatoms. The maximum atomic E-state index is 5.89. The Balaban J connectivity index is 2.26. The third kappa shape index (κ3) is 5.20. The Labute approximate surface area is 140 Å². The maximum Gasteiger partial charge on any atom is 0.102 e. The van der Waals surface area contributed by atoms with Gasteiger partial charge in [-0.25, -0.2) is 4.98 Å². The lowest BCUT2D eigenvalue weighted by atomic mass is 10.2. The molecule has 0 saturated carbocycles. The quantitative estimate of drug-likeness (QED) is 0.445. The topological polar surface area (TPSA) is 28.5 Å². The fourth-order valence-electron chi connectivity index (χ4n) is 1.81. The van der Waals surface area contributed by atoms with E-state index in [1.165, 1.54) is 0 Å². The van der Waals surface area contributed by atoms with Crippen LogP contribution in [0.2, 0.25) is 5.02 Å². The molecule has 1 aliphatic carbocycles. The van der Waals surface area contributed by atoms with E-state index in [9.17, 15) is 0 Å². The lowest BCUT2D eigenvalue weighted by Crippen LogP contribution is -2.13. The third-order valence-corrected chi connectivity index (χ3v) is 4.15. The van der Waals surface area contributed by atoms with Gasteiger partial charge in [-0.1, -0.05) is 53.7 Å². The summed E-state index contributed by atoms with van der Waals surface area (Å²) in [5.41, 5.74) is 1.16. The first-order chi connectivity index (χ1) is 10.7. The van der Waals surface area contributed by atoms with Crippen molar-refractivity contribution in [1.82, 2.24) is 9.88 Å². The smallest absolute Gasteiger partial charge is 0.102 e. The lowest BCUT2D eigenvalue weighted by molar-refractivity contribution is 0.691. The standard InChI is InChI=1S/C17H18ClN3S/c1-19-13-21(2)17(11-14-7-5-3-4-6-8-14)22-16-10-9-15(18)12-20-16/h3-5,7-13H,6H2,1-2H3/b17-11-,19-13-. The molecule has 1 aliphatic rings. The van der Waals surface area contributed by atoms with Crippen LogP contribution in [0.1, 0.15) is 6.42 Å². The maximum absolute atomic E-state index is 5.89. The summed E-state index contributed by atoms with van der Waals surface area (Å²) in [7, 11) is 3.73. The molecule has 1 aromatic rings. The Bertz CT molecular complexity index is 642. The number of aromatic nitrogens is 1. The van der Waals surface area contributed by atoms with Gasteiger partial charge in [0.2, 0.25) is 0 Å². The Kier molecular flexibility index (Phi) is 6.49. The number of halogens is 1. The second-order valence-corrected chi connectivity index (χ2v) is 6.09. The molecule has 0 bridgehead atoms. The van der Waals surface area contributed by atoms with E-state index in [1.54, 1.807) is 31.3 Å². The van der Waals surface area contributed by atoms with Crippen molar-refractivity contribution >= 4 is 29.7 Å². The zero-order valence-electron chi connectivity index (χ0n) is 12.6. The molecule has 2 rings (SSSR count). The molecule has 3 nitrogen and oxygen atoms in total. The van der Waals surface area contributed by atoms with Gasteiger partial charge in [-0.3, -0.25) is 4.99 Å². The first kappa shape index (κ1) is 16.6. The number of thioether (sulfide) groups is 1. The molecule has 0 aromatic carbocycles. The highest BCUT2D eigenvalue weighted by Gasteiger charge is 2.07. The first-order valence-corrected chi connectivity index (χ1v) is 8.08. The Morgan fingerprint density at radius 3 is 3.00 bits per heavy atom. The summed E-state index contributed by atoms with van der Waals surface area (Å²) >= 11 is 7.47. The predicted octanol–water partition coefficient (Wildman–Crippen LogP) is 4.70. The zero-order valence-corrected chi connectivity index (χ0v) is 14.2. The Morgan fingerprint density at radius 2 is 2.27 bits per heavy atom. The summed E-state index contributed by atoms with van der Waals surface area (Å²) in [6.07, 6.45) is 17.0. The molecule has 114 valence electrons. The molecule has 0 aliphatic heterocycles. The second-order valence-electron chi connectivity index (χ2n) is 4.61. The van der Waals surface area contributed by atoms with E-state index < -0.39 is 0 Å². The first-order valence-electron chi connectivity index (χ1n) is 6.88. The largest absolute Gasteiger partial charge is 0.330 e. The van der Waals surface area contributed by atoms with E-state index >= 15 is 0 Å². The molecular weight excluding hydrogens is 314 g/mol. The summed E-state index contributed by atoms with van der Waals surface area (Å²) in [6, 6.07) is 3.76. The molecular formula is C17H18ClN3S. The SMILES string of the molecule is C/N=C\N(C)/C(=C/C1=CCC=CC=C1)Sc1ccc(Cl)cn1. The number of hydrogen-bond acceptors (Lipinski definition) is 3. The number of hydrogen-bond donors (Lipinski definition) is 0. The van der Waals surface area contributed by atoms with Gasteiger partial charge in [0.15, 0.2) is 0 Å². The van der Waals surface area contributed by atoms with Gasteiger partial charge in [-0.15, -0.1) is 0 Å². The molecule has 22 heavy (non-hydrogen) atoms. The van der Waals surface area contributed by atoms with Crippen molar-refractivity contribution in [3.63, 3.8) is 0 Å². The van der Waals surface area contributed by atoms with Crippen LogP contribution in [0.15, 0.2) is 75.4 Å². The van der Waals surface area contributed by atoms with Gasteiger partial charge in [0.1, 0.15) is 5.03 Å². The highest BCUT2D eigenvalue weighted by Crippen LogP contribution is 2.28. The predicted molar refractivity (Wildman–Crippen MR) is 96.3 cm³/mol. The van der Waals surface area contributed by atoms with E-state index in [0.29, 0.717) is 5.02 Å². The fraction of sp³-hybridized carbons (Fsp3) is 0.176. The molecule has 0 amide bonds. The summed E-state index contributed by atoms with van der Waals surface area (Å²) < 4.78 is 0. The molecule has 1 heterocycles. The molecule has 0 N–H and O–H groups in total. The summed E-state index contributed by atoms with van der Waals surface area (Å²) in [6.45, 7) is 0. The van der Waals surface area contributed by atoms with Crippen LogP contribution in [0, 0.1) is 0 Å². The molecule has 0 spiro atoms. The minimum absolute atomic E-state index is 0.638. The molecule has 0 saturated heterocycles. The molecule has 0 fully saturated rings. The minimum Gasteiger partial charge on any atom is -0.330 e. The zero-order chi connectivity index (χ0) is 15.8. The second kappa shape index (κ2) is 8.61. The van der Waals surface area contributed by atoms with Crippen LogP contribution >= 0.6 is 23.4 Å². The average Bonchev–Trinajstić information content (AvgIpc) is 2.78. The molecule has 0 radical (unpaired) electrons. The van der Waals surface area contributed by atoms with Gasteiger partial charge in [-0.05, 0) is 30.2 Å². The van der Waals surface area contributed by atoms with Crippen molar-refractivity contribution in [3.05, 3.63) is 70.4 Å². The van der Waals surface area contributed by atoms with Crippen molar-refractivity contribution in [3.8, 4) is 0 Å². The van der Waals surface area contributed by atoms with Gasteiger partial charge in [0, 0.05) is 20.3 Å². The van der Waals surface area contributed by atoms with Crippen molar-refractivity contribution in [2.75, 3.05) is 14.1 Å². The number of pyridine rings is 1. The number of allylic oxidation sites excluding steroid dienone is 7. The van der Waals surface area contributed by atoms with Crippen LogP contribution < -0.4 is 0 Å². The Hall–Kier alpha value is -1.78. The molecule has 1 aromatic heterocycles. The van der Waals surface area contributed by atoms with E-state index in [2.05, 4.69) is 40.4 Å². The van der Waals surface area contributed by atoms with Crippen LogP contribution in [-0.4, -0.2) is 30.3 Å². The van der Waals surface area contributed by atoms with Crippen LogP contribution in [0.5, 0.6) is 0 Å². The summed E-state index contributed by atoms with van der Waals surface area (Å²) in [5.74, 6) is 0.